The fourth-order valence-electron chi connectivity index (χ4n) is 1.28. The molecule has 0 atom stereocenters. The number of aromatic nitrogens is 3. The van der Waals surface area contributed by atoms with Crippen molar-refractivity contribution < 1.29 is 14.6 Å². The summed E-state index contributed by atoms with van der Waals surface area (Å²) in [6.45, 7) is 0. The number of rotatable bonds is 3. The van der Waals surface area contributed by atoms with Crippen LogP contribution in [0.15, 0.2) is 35.5 Å². The Bertz CT molecular complexity index is 651. The van der Waals surface area contributed by atoms with Gasteiger partial charge in [-0.25, -0.2) is 14.8 Å². The third kappa shape index (κ3) is 2.19. The zero-order chi connectivity index (χ0) is 13.1. The number of nitrogens with zero attached hydrogens (tertiary/aromatic N) is 3. The molecule has 2 rings (SSSR count). The van der Waals surface area contributed by atoms with Gasteiger partial charge in [0.1, 0.15) is 0 Å². The van der Waals surface area contributed by atoms with Crippen molar-refractivity contribution in [2.45, 2.75) is 0 Å². The van der Waals surface area contributed by atoms with Crippen LogP contribution in [0.5, 0.6) is 11.6 Å². The number of carboxylic acids is 1. The average Bonchev–Trinajstić information content (AvgIpc) is 2.35. The highest BCUT2D eigenvalue weighted by Gasteiger charge is 2.15. The lowest BCUT2D eigenvalue weighted by Crippen LogP contribution is -2.18. The van der Waals surface area contributed by atoms with Crippen LogP contribution in [0.4, 0.5) is 0 Å². The van der Waals surface area contributed by atoms with Crippen molar-refractivity contribution in [1.82, 2.24) is 14.5 Å². The van der Waals surface area contributed by atoms with Gasteiger partial charge in [0.15, 0.2) is 11.4 Å². The molecule has 0 aliphatic carbocycles. The van der Waals surface area contributed by atoms with Crippen molar-refractivity contribution in [3.63, 3.8) is 0 Å². The van der Waals surface area contributed by atoms with Crippen molar-refractivity contribution in [1.29, 1.82) is 0 Å². The molecule has 7 heteroatoms. The molecule has 0 unspecified atom stereocenters. The van der Waals surface area contributed by atoms with Gasteiger partial charge in [-0.3, -0.25) is 4.79 Å². The van der Waals surface area contributed by atoms with Crippen LogP contribution in [0.3, 0.4) is 0 Å². The van der Waals surface area contributed by atoms with Gasteiger partial charge in [0, 0.05) is 25.6 Å². The van der Waals surface area contributed by atoms with Gasteiger partial charge in [0.05, 0.1) is 0 Å². The summed E-state index contributed by atoms with van der Waals surface area (Å²) in [5.74, 6) is -1.46. The summed E-state index contributed by atoms with van der Waals surface area (Å²) >= 11 is 0. The Morgan fingerprint density at radius 3 is 2.89 bits per heavy atom. The molecule has 7 nitrogen and oxygen atoms in total. The van der Waals surface area contributed by atoms with Crippen LogP contribution in [-0.4, -0.2) is 25.6 Å². The van der Waals surface area contributed by atoms with E-state index in [2.05, 4.69) is 9.97 Å². The van der Waals surface area contributed by atoms with E-state index >= 15 is 0 Å². The summed E-state index contributed by atoms with van der Waals surface area (Å²) in [6.07, 6.45) is 4.18. The average molecular weight is 247 g/mol. The van der Waals surface area contributed by atoms with Gasteiger partial charge in [-0.2, -0.15) is 0 Å². The maximum absolute atomic E-state index is 11.7. The van der Waals surface area contributed by atoms with Crippen LogP contribution < -0.4 is 10.3 Å². The van der Waals surface area contributed by atoms with Gasteiger partial charge in [0.2, 0.25) is 0 Å². The van der Waals surface area contributed by atoms with Crippen LogP contribution in [0.1, 0.15) is 10.5 Å². The van der Waals surface area contributed by atoms with Gasteiger partial charge < -0.3 is 14.4 Å². The second kappa shape index (κ2) is 4.66. The highest BCUT2D eigenvalue weighted by atomic mass is 16.5. The first-order valence-corrected chi connectivity index (χ1v) is 4.97. The molecule has 0 aliphatic rings. The third-order valence-electron chi connectivity index (χ3n) is 2.17. The molecule has 92 valence electrons. The molecule has 0 amide bonds. The maximum atomic E-state index is 11.7. The SMILES string of the molecule is Cn1ccnc(Oc2cccnc2C(=O)O)c1=O. The normalized spacial score (nSPS) is 10.1. The van der Waals surface area contributed by atoms with Gasteiger partial charge in [0.25, 0.3) is 5.88 Å². The van der Waals surface area contributed by atoms with Crippen LogP contribution in [-0.2, 0) is 7.05 Å². The van der Waals surface area contributed by atoms with Crippen LogP contribution in [0.25, 0.3) is 0 Å². The van der Waals surface area contributed by atoms with Gasteiger partial charge >= 0.3 is 11.5 Å². The first kappa shape index (κ1) is 11.8. The summed E-state index contributed by atoms with van der Waals surface area (Å²) in [5.41, 5.74) is -0.733. The number of carbonyl (C=O) groups is 1. The monoisotopic (exact) mass is 247 g/mol. The Balaban J connectivity index is 2.44. The lowest BCUT2D eigenvalue weighted by Gasteiger charge is -2.06. The quantitative estimate of drug-likeness (QED) is 0.856. The number of ether oxygens (including phenoxy) is 1. The Hall–Kier alpha value is -2.70. The Kier molecular flexibility index (Phi) is 3.05. The molecule has 0 fully saturated rings. The number of carboxylic acid groups (broad SMARTS) is 1. The molecule has 0 radical (unpaired) electrons. The fourth-order valence-corrected chi connectivity index (χ4v) is 1.28. The van der Waals surface area contributed by atoms with E-state index in [4.69, 9.17) is 9.84 Å². The molecule has 2 aromatic rings. The van der Waals surface area contributed by atoms with E-state index in [0.29, 0.717) is 0 Å². The van der Waals surface area contributed by atoms with Crippen molar-refractivity contribution in [2.24, 2.45) is 7.05 Å². The minimum absolute atomic E-state index is 0.0270. The minimum atomic E-state index is -1.24. The van der Waals surface area contributed by atoms with Gasteiger partial charge in [-0.05, 0) is 12.1 Å². The predicted molar refractivity (Wildman–Crippen MR) is 60.7 cm³/mol. The number of hydrogen-bond donors (Lipinski definition) is 1. The summed E-state index contributed by atoms with van der Waals surface area (Å²) < 4.78 is 6.47. The first-order valence-electron chi connectivity index (χ1n) is 4.97. The first-order chi connectivity index (χ1) is 8.59. The summed E-state index contributed by atoms with van der Waals surface area (Å²) in [6, 6.07) is 2.92. The van der Waals surface area contributed by atoms with E-state index in [9.17, 15) is 9.59 Å². The molecule has 2 heterocycles. The molecule has 0 spiro atoms. The molecular weight excluding hydrogens is 238 g/mol. The summed E-state index contributed by atoms with van der Waals surface area (Å²) in [7, 11) is 1.54. The van der Waals surface area contributed by atoms with E-state index in [1.165, 1.54) is 42.3 Å². The van der Waals surface area contributed by atoms with Crippen molar-refractivity contribution in [2.75, 3.05) is 0 Å². The van der Waals surface area contributed by atoms with Crippen molar-refractivity contribution >= 4 is 5.97 Å². The molecule has 0 aromatic carbocycles. The number of aromatic carboxylic acids is 1. The summed E-state index contributed by atoms with van der Waals surface area (Å²) in [4.78, 5) is 30.0. The number of hydrogen-bond acceptors (Lipinski definition) is 5. The van der Waals surface area contributed by atoms with Crippen LogP contribution in [0, 0.1) is 0 Å². The van der Waals surface area contributed by atoms with E-state index in [1.807, 2.05) is 0 Å². The highest BCUT2D eigenvalue weighted by molar-refractivity contribution is 5.88. The second-order valence-electron chi connectivity index (χ2n) is 3.41. The highest BCUT2D eigenvalue weighted by Crippen LogP contribution is 2.19. The fraction of sp³-hybridized carbons (Fsp3) is 0.0909. The molecule has 1 N–H and O–H groups in total. The largest absolute Gasteiger partial charge is 0.476 e. The van der Waals surface area contributed by atoms with Crippen LogP contribution >= 0.6 is 0 Å². The zero-order valence-electron chi connectivity index (χ0n) is 9.40. The predicted octanol–water partition coefficient (Wildman–Crippen LogP) is 0.666. The lowest BCUT2D eigenvalue weighted by atomic mass is 10.3. The standard InChI is InChI=1S/C11H9N3O4/c1-14-6-5-13-9(10(14)15)18-7-3-2-4-12-8(7)11(16)17/h2-6H,1H3,(H,16,17). The topological polar surface area (TPSA) is 94.3 Å². The van der Waals surface area contributed by atoms with Crippen molar-refractivity contribution in [3.8, 4) is 11.6 Å². The molecule has 0 aliphatic heterocycles. The van der Waals surface area contributed by atoms with E-state index < -0.39 is 11.5 Å². The molecule has 2 aromatic heterocycles. The summed E-state index contributed by atoms with van der Waals surface area (Å²) in [5, 5.41) is 8.92. The number of pyridine rings is 1. The Labute approximate surface area is 101 Å². The van der Waals surface area contributed by atoms with Crippen molar-refractivity contribution in [3.05, 3.63) is 46.8 Å². The Morgan fingerprint density at radius 2 is 2.17 bits per heavy atom. The zero-order valence-corrected chi connectivity index (χ0v) is 9.40. The molecule has 0 saturated carbocycles. The second-order valence-corrected chi connectivity index (χ2v) is 3.41. The maximum Gasteiger partial charge on any atom is 0.358 e. The van der Waals surface area contributed by atoms with Gasteiger partial charge in [-0.15, -0.1) is 0 Å². The molecule has 0 saturated heterocycles. The third-order valence-corrected chi connectivity index (χ3v) is 2.17. The van der Waals surface area contributed by atoms with E-state index in [-0.39, 0.29) is 17.3 Å². The van der Waals surface area contributed by atoms with E-state index in [1.54, 1.807) is 0 Å². The van der Waals surface area contributed by atoms with E-state index in [0.717, 1.165) is 0 Å². The number of aryl methyl sites for hydroxylation is 1. The van der Waals surface area contributed by atoms with Gasteiger partial charge in [-0.1, -0.05) is 0 Å². The minimum Gasteiger partial charge on any atom is -0.476 e. The molecule has 18 heavy (non-hydrogen) atoms. The lowest BCUT2D eigenvalue weighted by molar-refractivity contribution is 0.0687. The Morgan fingerprint density at radius 1 is 1.39 bits per heavy atom. The molecular formula is C11H9N3O4. The van der Waals surface area contributed by atoms with Crippen LogP contribution in [0.2, 0.25) is 0 Å². The molecule has 0 bridgehead atoms. The smallest absolute Gasteiger partial charge is 0.358 e.